The van der Waals surface area contributed by atoms with Crippen LogP contribution in [0.15, 0.2) is 29.4 Å². The van der Waals surface area contributed by atoms with Crippen molar-refractivity contribution in [2.75, 3.05) is 13.2 Å². The maximum atomic E-state index is 12.9. The highest BCUT2D eigenvalue weighted by Gasteiger charge is 2.56. The minimum atomic E-state index is -1.18. The zero-order chi connectivity index (χ0) is 20.6. The predicted octanol–water partition coefficient (Wildman–Crippen LogP) is 1.19. The second kappa shape index (κ2) is 7.12. The molecule has 28 heavy (non-hydrogen) atoms. The molecule has 1 saturated heterocycles. The summed E-state index contributed by atoms with van der Waals surface area (Å²) in [6.45, 7) is 4.74. The molecule has 0 unspecified atom stereocenters. The van der Waals surface area contributed by atoms with Gasteiger partial charge in [-0.1, -0.05) is 12.1 Å². The molecule has 10 heteroatoms. The molecule has 0 radical (unpaired) electrons. The zero-order valence-electron chi connectivity index (χ0n) is 15.6. The number of amides is 1. The number of non-ortho nitro benzene ring substituents is 1. The number of ketones is 1. The molecule has 0 spiro atoms. The van der Waals surface area contributed by atoms with Crippen LogP contribution in [-0.4, -0.2) is 58.2 Å². The molecule has 1 aromatic carbocycles. The monoisotopic (exact) mass is 389 g/mol. The van der Waals surface area contributed by atoms with E-state index in [1.165, 1.54) is 31.2 Å². The van der Waals surface area contributed by atoms with Gasteiger partial charge in [-0.2, -0.15) is 5.10 Å². The molecule has 0 bridgehead atoms. The van der Waals surface area contributed by atoms with Crippen LogP contribution in [0.3, 0.4) is 0 Å². The van der Waals surface area contributed by atoms with Crippen molar-refractivity contribution >= 4 is 29.1 Å². The molecule has 3 atom stereocenters. The van der Waals surface area contributed by atoms with Gasteiger partial charge in [-0.15, -0.1) is 0 Å². The summed E-state index contributed by atoms with van der Waals surface area (Å²) in [7, 11) is 0. The predicted molar refractivity (Wildman–Crippen MR) is 95.6 cm³/mol. The van der Waals surface area contributed by atoms with E-state index in [4.69, 9.17) is 9.47 Å². The number of epoxide rings is 1. The Morgan fingerprint density at radius 3 is 2.43 bits per heavy atom. The number of nitro groups is 1. The van der Waals surface area contributed by atoms with Crippen LogP contribution in [0, 0.1) is 10.1 Å². The number of carbonyl (C=O) groups is 3. The first-order valence-electron chi connectivity index (χ1n) is 8.67. The number of hydrogen-bond donors (Lipinski definition) is 0. The van der Waals surface area contributed by atoms with Gasteiger partial charge in [0.2, 0.25) is 11.7 Å². The van der Waals surface area contributed by atoms with Crippen LogP contribution in [0.2, 0.25) is 0 Å². The third kappa shape index (κ3) is 3.38. The van der Waals surface area contributed by atoms with Gasteiger partial charge in [0.05, 0.1) is 24.1 Å². The average molecular weight is 389 g/mol. The maximum Gasteiger partial charge on any atom is 0.332 e. The van der Waals surface area contributed by atoms with Crippen molar-refractivity contribution in [3.8, 4) is 0 Å². The number of nitrogens with zero attached hydrogens (tertiary/aromatic N) is 3. The fraction of sp³-hybridized carbons (Fsp3) is 0.444. The summed E-state index contributed by atoms with van der Waals surface area (Å²) in [5.74, 6) is -2.60. The minimum Gasteiger partial charge on any atom is -0.464 e. The van der Waals surface area contributed by atoms with Crippen LogP contribution >= 0.6 is 0 Å². The Morgan fingerprint density at radius 1 is 1.36 bits per heavy atom. The molecule has 0 N–H and O–H groups in total. The van der Waals surface area contributed by atoms with E-state index in [0.717, 1.165) is 5.01 Å². The first kappa shape index (κ1) is 19.6. The van der Waals surface area contributed by atoms with Crippen molar-refractivity contribution in [2.24, 2.45) is 5.10 Å². The van der Waals surface area contributed by atoms with Gasteiger partial charge in [0.1, 0.15) is 5.71 Å². The van der Waals surface area contributed by atoms with E-state index in [-0.39, 0.29) is 24.6 Å². The van der Waals surface area contributed by atoms with Crippen molar-refractivity contribution in [1.82, 2.24) is 5.01 Å². The fourth-order valence-electron chi connectivity index (χ4n) is 3.10. The van der Waals surface area contributed by atoms with Crippen molar-refractivity contribution in [2.45, 2.75) is 38.3 Å². The molecule has 0 saturated carbocycles. The summed E-state index contributed by atoms with van der Waals surface area (Å²) < 4.78 is 10.3. The van der Waals surface area contributed by atoms with Gasteiger partial charge in [0.15, 0.2) is 11.6 Å². The molecular weight excluding hydrogens is 370 g/mol. The second-order valence-electron chi connectivity index (χ2n) is 6.72. The molecule has 0 aliphatic carbocycles. The van der Waals surface area contributed by atoms with Crippen LogP contribution < -0.4 is 0 Å². The number of carbonyl (C=O) groups excluding carboxylic acids is 3. The van der Waals surface area contributed by atoms with Crippen molar-refractivity contribution < 1.29 is 28.8 Å². The lowest BCUT2D eigenvalue weighted by molar-refractivity contribution is -0.384. The highest BCUT2D eigenvalue weighted by molar-refractivity contribution is 6.46. The van der Waals surface area contributed by atoms with Gasteiger partial charge in [-0.25, -0.2) is 9.80 Å². The summed E-state index contributed by atoms with van der Waals surface area (Å²) in [6.07, 6.45) is 0. The Balaban J connectivity index is 2.08. The van der Waals surface area contributed by atoms with E-state index >= 15 is 0 Å². The number of esters is 1. The van der Waals surface area contributed by atoms with Gasteiger partial charge in [-0.3, -0.25) is 19.7 Å². The second-order valence-corrected chi connectivity index (χ2v) is 6.72. The van der Waals surface area contributed by atoms with E-state index < -0.39 is 40.1 Å². The van der Waals surface area contributed by atoms with Crippen molar-refractivity contribution in [3.05, 3.63) is 39.9 Å². The summed E-state index contributed by atoms with van der Waals surface area (Å²) in [6, 6.07) is 4.24. The van der Waals surface area contributed by atoms with Crippen LogP contribution in [0.5, 0.6) is 0 Å². The molecule has 1 fully saturated rings. The molecule has 0 aromatic heterocycles. The van der Waals surface area contributed by atoms with E-state index in [2.05, 4.69) is 5.10 Å². The Bertz CT molecular complexity index is 874. The number of benzene rings is 1. The summed E-state index contributed by atoms with van der Waals surface area (Å²) in [5, 5.41) is 16.0. The Labute approximate surface area is 160 Å². The Kier molecular flexibility index (Phi) is 4.99. The quantitative estimate of drug-likeness (QED) is 0.309. The molecule has 148 valence electrons. The van der Waals surface area contributed by atoms with Gasteiger partial charge < -0.3 is 9.47 Å². The zero-order valence-corrected chi connectivity index (χ0v) is 15.6. The summed E-state index contributed by atoms with van der Waals surface area (Å²) >= 11 is 0. The molecule has 1 aromatic rings. The van der Waals surface area contributed by atoms with Crippen LogP contribution in [0.4, 0.5) is 5.69 Å². The van der Waals surface area contributed by atoms with Crippen molar-refractivity contribution in [1.29, 1.82) is 0 Å². The normalized spacial score (nSPS) is 25.8. The fourth-order valence-corrected chi connectivity index (χ4v) is 3.10. The lowest BCUT2D eigenvalue weighted by Crippen LogP contribution is -2.44. The number of ether oxygens (including phenoxy) is 2. The van der Waals surface area contributed by atoms with Crippen LogP contribution in [0.1, 0.15) is 32.3 Å². The third-order valence-corrected chi connectivity index (χ3v) is 4.69. The Hall–Kier alpha value is -3.14. The van der Waals surface area contributed by atoms with Gasteiger partial charge >= 0.3 is 5.97 Å². The lowest BCUT2D eigenvalue weighted by Gasteiger charge is -2.24. The number of rotatable bonds is 6. The standard InChI is InChI=1S/C18H19N3O7/c1-4-27-17(24)15-13(11-5-7-12(8-6-11)21(25)26)14(19-20(15)10(2)22)16(23)18(3)9-28-18/h5-8,13,15H,4,9H2,1-3H3/t13-,15+,18-/m0/s1. The smallest absolute Gasteiger partial charge is 0.332 e. The Morgan fingerprint density at radius 2 is 1.96 bits per heavy atom. The maximum absolute atomic E-state index is 12.9. The van der Waals surface area contributed by atoms with E-state index in [1.54, 1.807) is 13.8 Å². The number of nitro benzene ring substituents is 1. The molecule has 10 nitrogen and oxygen atoms in total. The van der Waals surface area contributed by atoms with Crippen molar-refractivity contribution in [3.63, 3.8) is 0 Å². The minimum absolute atomic E-state index is 0.0119. The molecule has 2 heterocycles. The van der Waals surface area contributed by atoms with E-state index in [0.29, 0.717) is 5.56 Å². The topological polar surface area (TPSA) is 132 Å². The molecule has 3 rings (SSSR count). The van der Waals surface area contributed by atoms with Gasteiger partial charge in [0.25, 0.3) is 5.69 Å². The van der Waals surface area contributed by atoms with E-state index in [9.17, 15) is 24.5 Å². The van der Waals surface area contributed by atoms with Gasteiger partial charge in [-0.05, 0) is 19.4 Å². The lowest BCUT2D eigenvalue weighted by atomic mass is 9.83. The highest BCUT2D eigenvalue weighted by Crippen LogP contribution is 2.38. The first-order chi connectivity index (χ1) is 13.2. The molecular formula is C18H19N3O7. The largest absolute Gasteiger partial charge is 0.464 e. The number of hydrogen-bond acceptors (Lipinski definition) is 8. The SMILES string of the molecule is CCOC(=O)[C@H]1[C@@H](c2ccc([N+](=O)[O-])cc2)C(C(=O)[C@]2(C)CO2)=NN1C(C)=O. The average Bonchev–Trinajstić information content (AvgIpc) is 3.28. The highest BCUT2D eigenvalue weighted by atomic mass is 16.6. The molecule has 1 amide bonds. The van der Waals surface area contributed by atoms with Crippen LogP contribution in [0.25, 0.3) is 0 Å². The van der Waals surface area contributed by atoms with E-state index in [1.807, 2.05) is 0 Å². The first-order valence-corrected chi connectivity index (χ1v) is 8.67. The summed E-state index contributed by atoms with van der Waals surface area (Å²) in [4.78, 5) is 48.0. The summed E-state index contributed by atoms with van der Waals surface area (Å²) in [5.41, 5.74) is -0.768. The van der Waals surface area contributed by atoms with Crippen LogP contribution in [-0.2, 0) is 23.9 Å². The molecule has 2 aliphatic rings. The van der Waals surface area contributed by atoms with Gasteiger partial charge in [0, 0.05) is 19.1 Å². The number of hydrazone groups is 1. The molecule has 2 aliphatic heterocycles. The number of Topliss-reactive ketones (excluding diaryl/α,β-unsaturated/α-hetero) is 1. The third-order valence-electron chi connectivity index (χ3n) is 4.69.